The first-order chi connectivity index (χ1) is 17.0. The molecular weight excluding hydrogens is 510 g/mol. The minimum Gasteiger partial charge on any atom is -0.461 e. The van der Waals surface area contributed by atoms with Gasteiger partial charge < -0.3 is 15.2 Å². The van der Waals surface area contributed by atoms with Crippen molar-refractivity contribution in [1.29, 1.82) is 0 Å². The summed E-state index contributed by atoms with van der Waals surface area (Å²) >= 11 is 1.14. The maximum atomic E-state index is 12.3. The zero-order valence-corrected chi connectivity index (χ0v) is 19.8. The van der Waals surface area contributed by atoms with Crippen LogP contribution < -0.4 is 5.73 Å². The summed E-state index contributed by atoms with van der Waals surface area (Å²) in [6, 6.07) is 7.64. The summed E-state index contributed by atoms with van der Waals surface area (Å²) in [7, 11) is 0. The number of amides is 1. The van der Waals surface area contributed by atoms with Crippen molar-refractivity contribution in [1.82, 2.24) is 0 Å². The van der Waals surface area contributed by atoms with Crippen LogP contribution in [-0.4, -0.2) is 46.7 Å². The van der Waals surface area contributed by atoms with E-state index in [0.29, 0.717) is 10.5 Å². The van der Waals surface area contributed by atoms with Gasteiger partial charge in [-0.25, -0.2) is 9.59 Å². The molecule has 0 saturated carbocycles. The zero-order chi connectivity index (χ0) is 26.8. The van der Waals surface area contributed by atoms with E-state index >= 15 is 0 Å². The lowest BCUT2D eigenvalue weighted by molar-refractivity contribution is -0.385. The fraction of sp³-hybridized carbons (Fsp3) is 0.304. The van der Waals surface area contributed by atoms with Crippen molar-refractivity contribution in [2.24, 2.45) is 5.73 Å². The zero-order valence-electron chi connectivity index (χ0n) is 19.0. The Kier molecular flexibility index (Phi) is 11.9. The molecule has 0 radical (unpaired) electrons. The van der Waals surface area contributed by atoms with E-state index in [1.807, 2.05) is 0 Å². The van der Waals surface area contributed by atoms with Crippen LogP contribution in [0.5, 0.6) is 0 Å². The van der Waals surface area contributed by atoms with Crippen LogP contribution in [0.15, 0.2) is 41.3 Å². The van der Waals surface area contributed by atoms with E-state index in [1.54, 1.807) is 0 Å². The van der Waals surface area contributed by atoms with Crippen LogP contribution in [0.2, 0.25) is 0 Å². The molecule has 198 valence electrons. The Morgan fingerprint density at radius 2 is 1.38 bits per heavy atom. The number of nitro benzene ring substituents is 2. The van der Waals surface area contributed by atoms with Gasteiger partial charge in [-0.2, -0.15) is 0 Å². The van der Waals surface area contributed by atoms with E-state index in [0.717, 1.165) is 23.9 Å². The second-order valence-corrected chi connectivity index (χ2v) is 8.32. The van der Waals surface area contributed by atoms with Gasteiger partial charge in [-0.3, -0.25) is 29.8 Å². The lowest BCUT2D eigenvalue weighted by Gasteiger charge is -2.09. The summed E-state index contributed by atoms with van der Waals surface area (Å²) in [4.78, 5) is 68.0. The van der Waals surface area contributed by atoms with Crippen LogP contribution in [0.25, 0.3) is 0 Å². The third kappa shape index (κ3) is 9.33. The molecule has 0 aromatic heterocycles. The number of Topliss-reactive ketones (excluding diaryl/α,β-unsaturated/α-hetero) is 1. The van der Waals surface area contributed by atoms with Crippen LogP contribution in [0.4, 0.5) is 11.4 Å². The number of primary amides is 1. The first kappa shape index (κ1) is 30.7. The highest BCUT2D eigenvalue weighted by Gasteiger charge is 2.24. The van der Waals surface area contributed by atoms with Crippen molar-refractivity contribution >= 4 is 46.8 Å². The molecule has 0 aliphatic heterocycles. The summed E-state index contributed by atoms with van der Waals surface area (Å²) in [6.07, 6.45) is -0.268. The average molecular weight is 536 g/mol. The first-order valence-electron chi connectivity index (χ1n) is 10.3. The normalized spacial score (nSPS) is 10.1. The van der Waals surface area contributed by atoms with Gasteiger partial charge in [-0.1, -0.05) is 13.5 Å². The molecule has 2 N–H and O–H groups in total. The molecule has 0 aliphatic carbocycles. The standard InChI is InChI=1S/C22H21N3O10S.CH4/c1-13(26)6-8-34-21(28)16-10-14(2-4-18(16)24(30)31)12-36-15-3-5-19(25(32)33)17(11-15)22(29)35-9-7-20(23)27;/h2-5,10-11H,6-9,12H2,1H3,(H2,23,27);1H4. The molecule has 1 amide bonds. The molecule has 0 heterocycles. The van der Waals surface area contributed by atoms with Gasteiger partial charge in [0.05, 0.1) is 22.9 Å². The molecule has 0 aliphatic rings. The number of esters is 2. The number of hydrogen-bond donors (Lipinski definition) is 1. The largest absolute Gasteiger partial charge is 0.461 e. The van der Waals surface area contributed by atoms with Gasteiger partial charge >= 0.3 is 11.9 Å². The first-order valence-corrected chi connectivity index (χ1v) is 11.3. The Morgan fingerprint density at radius 1 is 0.865 bits per heavy atom. The van der Waals surface area contributed by atoms with Gasteiger partial charge in [0.1, 0.15) is 23.5 Å². The van der Waals surface area contributed by atoms with Crippen molar-refractivity contribution in [3.8, 4) is 0 Å². The monoisotopic (exact) mass is 535 g/mol. The Morgan fingerprint density at radius 3 is 1.89 bits per heavy atom. The minimum absolute atomic E-state index is 0. The SMILES string of the molecule is C.CC(=O)CCOC(=O)c1cc(CSc2ccc([N+](=O)[O-])c(C(=O)OCCC(N)=O)c2)ccc1[N+](=O)[O-]. The predicted octanol–water partition coefficient (Wildman–Crippen LogP) is 3.60. The van der Waals surface area contributed by atoms with E-state index in [9.17, 15) is 39.4 Å². The van der Waals surface area contributed by atoms with Gasteiger partial charge in [0, 0.05) is 29.2 Å². The number of ketones is 1. The molecule has 2 rings (SSSR count). The van der Waals surface area contributed by atoms with Crippen LogP contribution in [0.1, 0.15) is 53.5 Å². The Balaban J connectivity index is 0.00000684. The smallest absolute Gasteiger partial charge is 0.345 e. The number of nitro groups is 2. The van der Waals surface area contributed by atoms with Gasteiger partial charge in [-0.15, -0.1) is 11.8 Å². The summed E-state index contributed by atoms with van der Waals surface area (Å²) in [5.41, 5.74) is 3.91. The van der Waals surface area contributed by atoms with Crippen LogP contribution in [0, 0.1) is 20.2 Å². The molecule has 0 fully saturated rings. The van der Waals surface area contributed by atoms with Crippen molar-refractivity contribution in [2.75, 3.05) is 13.2 Å². The Bertz CT molecular complexity index is 1120. The number of nitrogens with zero attached hydrogens (tertiary/aromatic N) is 2. The fourth-order valence-electron chi connectivity index (χ4n) is 2.78. The van der Waals surface area contributed by atoms with E-state index in [1.165, 1.54) is 31.2 Å². The Labute approximate surface area is 215 Å². The molecule has 2 aromatic rings. The molecule has 0 atom stereocenters. The van der Waals surface area contributed by atoms with Gasteiger partial charge in [0.15, 0.2) is 0 Å². The van der Waals surface area contributed by atoms with Crippen LogP contribution in [0.3, 0.4) is 0 Å². The van der Waals surface area contributed by atoms with Gasteiger partial charge in [0.25, 0.3) is 11.4 Å². The second-order valence-electron chi connectivity index (χ2n) is 7.27. The molecule has 2 aromatic carbocycles. The van der Waals surface area contributed by atoms with Gasteiger partial charge in [0.2, 0.25) is 5.91 Å². The quantitative estimate of drug-likeness (QED) is 0.170. The lowest BCUT2D eigenvalue weighted by Crippen LogP contribution is -2.16. The minimum atomic E-state index is -1.00. The Hall–Kier alpha value is -4.33. The topological polar surface area (TPSA) is 199 Å². The molecule has 14 heteroatoms. The molecule has 0 saturated heterocycles. The highest BCUT2D eigenvalue weighted by atomic mass is 32.2. The molecule has 0 unspecified atom stereocenters. The third-order valence-corrected chi connectivity index (χ3v) is 5.60. The number of carbonyl (C=O) groups is 4. The second kappa shape index (κ2) is 14.3. The van der Waals surface area contributed by atoms with E-state index in [4.69, 9.17) is 15.2 Å². The maximum absolute atomic E-state index is 12.3. The summed E-state index contributed by atoms with van der Waals surface area (Å²) in [5.74, 6) is -2.68. The molecule has 0 bridgehead atoms. The molecule has 13 nitrogen and oxygen atoms in total. The fourth-order valence-corrected chi connectivity index (χ4v) is 3.66. The summed E-state index contributed by atoms with van der Waals surface area (Å²) in [6.45, 7) is 0.765. The number of nitrogens with two attached hydrogens (primary N) is 1. The van der Waals surface area contributed by atoms with Crippen LogP contribution in [-0.2, 0) is 24.8 Å². The number of carbonyl (C=O) groups excluding carboxylic acids is 4. The molecular formula is C23H25N3O10S. The number of rotatable bonds is 13. The molecule has 0 spiro atoms. The number of hydrogen-bond acceptors (Lipinski definition) is 11. The van der Waals surface area contributed by atoms with Crippen molar-refractivity contribution in [2.45, 2.75) is 37.8 Å². The molecule has 37 heavy (non-hydrogen) atoms. The van der Waals surface area contributed by atoms with E-state index in [2.05, 4.69) is 0 Å². The summed E-state index contributed by atoms with van der Waals surface area (Å²) in [5, 5.41) is 22.6. The van der Waals surface area contributed by atoms with E-state index in [-0.39, 0.29) is 56.1 Å². The number of thioether (sulfide) groups is 1. The maximum Gasteiger partial charge on any atom is 0.345 e. The lowest BCUT2D eigenvalue weighted by atomic mass is 10.1. The number of ether oxygens (including phenoxy) is 2. The number of benzene rings is 2. The summed E-state index contributed by atoms with van der Waals surface area (Å²) < 4.78 is 9.84. The van der Waals surface area contributed by atoms with E-state index < -0.39 is 39.1 Å². The van der Waals surface area contributed by atoms with Crippen molar-refractivity contribution in [3.05, 3.63) is 73.3 Å². The van der Waals surface area contributed by atoms with Crippen LogP contribution >= 0.6 is 11.8 Å². The van der Waals surface area contributed by atoms with Crippen molar-refractivity contribution < 1.29 is 38.5 Å². The van der Waals surface area contributed by atoms with Crippen molar-refractivity contribution in [3.63, 3.8) is 0 Å². The van der Waals surface area contributed by atoms with Gasteiger partial charge in [-0.05, 0) is 30.7 Å². The highest BCUT2D eigenvalue weighted by Crippen LogP contribution is 2.30. The highest BCUT2D eigenvalue weighted by molar-refractivity contribution is 7.98. The average Bonchev–Trinajstić information content (AvgIpc) is 2.81. The third-order valence-electron chi connectivity index (χ3n) is 4.54. The predicted molar refractivity (Wildman–Crippen MR) is 132 cm³/mol.